The molecule has 0 spiro atoms. The highest BCUT2D eigenvalue weighted by Gasteiger charge is 2.11. The molecule has 0 saturated heterocycles. The Hall–Kier alpha value is -0.910. The van der Waals surface area contributed by atoms with E-state index in [1.54, 1.807) is 11.3 Å². The maximum Gasteiger partial charge on any atom is 0.194 e. The van der Waals surface area contributed by atoms with Crippen molar-refractivity contribution in [2.24, 2.45) is 0 Å². The van der Waals surface area contributed by atoms with Gasteiger partial charge in [0.1, 0.15) is 0 Å². The van der Waals surface area contributed by atoms with Crippen LogP contribution in [0.4, 0.5) is 0 Å². The second kappa shape index (κ2) is 5.82. The largest absolute Gasteiger partial charge is 0.396 e. The molecule has 2 N–H and O–H groups in total. The molecule has 2 aromatic heterocycles. The van der Waals surface area contributed by atoms with Crippen LogP contribution < -0.4 is 5.32 Å². The first-order chi connectivity index (χ1) is 8.61. The Labute approximate surface area is 112 Å². The molecule has 2 rings (SSSR count). The molecule has 0 aliphatic rings. The van der Waals surface area contributed by atoms with Crippen LogP contribution in [-0.4, -0.2) is 27.1 Å². The third-order valence-corrected chi connectivity index (χ3v) is 4.05. The molecule has 0 aromatic carbocycles. The van der Waals surface area contributed by atoms with Gasteiger partial charge in [0.15, 0.2) is 4.96 Å². The highest BCUT2D eigenvalue weighted by atomic mass is 32.1. The van der Waals surface area contributed by atoms with Crippen molar-refractivity contribution in [2.45, 2.75) is 46.2 Å². The van der Waals surface area contributed by atoms with Gasteiger partial charge in [-0.05, 0) is 33.6 Å². The van der Waals surface area contributed by atoms with Gasteiger partial charge in [-0.25, -0.2) is 4.98 Å². The molecule has 0 bridgehead atoms. The van der Waals surface area contributed by atoms with E-state index in [0.717, 1.165) is 30.0 Å². The molecule has 0 radical (unpaired) electrons. The maximum absolute atomic E-state index is 8.82. The molecule has 18 heavy (non-hydrogen) atoms. The van der Waals surface area contributed by atoms with Crippen LogP contribution >= 0.6 is 11.3 Å². The summed E-state index contributed by atoms with van der Waals surface area (Å²) in [4.78, 5) is 6.93. The zero-order chi connectivity index (χ0) is 13.1. The average Bonchev–Trinajstić information content (AvgIpc) is 2.79. The van der Waals surface area contributed by atoms with Gasteiger partial charge in [-0.1, -0.05) is 0 Å². The van der Waals surface area contributed by atoms with Crippen LogP contribution in [-0.2, 0) is 6.54 Å². The SMILES string of the molecule is Cc1cn2c(CNC(C)CCCO)c(C)nc2s1. The lowest BCUT2D eigenvalue weighted by atomic mass is 10.2. The van der Waals surface area contributed by atoms with Crippen LogP contribution in [0, 0.1) is 13.8 Å². The van der Waals surface area contributed by atoms with Gasteiger partial charge in [0.05, 0.1) is 11.4 Å². The quantitative estimate of drug-likeness (QED) is 0.844. The second-order valence-electron chi connectivity index (χ2n) is 4.79. The number of aliphatic hydroxyl groups is 1. The van der Waals surface area contributed by atoms with Crippen molar-refractivity contribution in [3.05, 3.63) is 22.5 Å². The smallest absolute Gasteiger partial charge is 0.194 e. The Bertz CT molecular complexity index is 518. The van der Waals surface area contributed by atoms with Gasteiger partial charge in [-0.3, -0.25) is 4.40 Å². The van der Waals surface area contributed by atoms with E-state index in [1.807, 2.05) is 0 Å². The van der Waals surface area contributed by atoms with Gasteiger partial charge in [0, 0.05) is 30.3 Å². The number of thiazole rings is 1. The van der Waals surface area contributed by atoms with Crippen molar-refractivity contribution >= 4 is 16.3 Å². The normalized spacial score (nSPS) is 13.3. The van der Waals surface area contributed by atoms with Gasteiger partial charge >= 0.3 is 0 Å². The Morgan fingerprint density at radius 1 is 1.50 bits per heavy atom. The van der Waals surface area contributed by atoms with E-state index in [2.05, 4.69) is 41.7 Å². The molecule has 0 aliphatic carbocycles. The van der Waals surface area contributed by atoms with Gasteiger partial charge in [0.25, 0.3) is 0 Å². The second-order valence-corrected chi connectivity index (χ2v) is 6.00. The summed E-state index contributed by atoms with van der Waals surface area (Å²) in [5, 5.41) is 12.3. The molecule has 5 heteroatoms. The number of aryl methyl sites for hydroxylation is 2. The van der Waals surface area contributed by atoms with Crippen LogP contribution in [0.3, 0.4) is 0 Å². The number of fused-ring (bicyclic) bond motifs is 1. The lowest BCUT2D eigenvalue weighted by Crippen LogP contribution is -2.26. The molecule has 0 saturated carbocycles. The Morgan fingerprint density at radius 2 is 2.28 bits per heavy atom. The van der Waals surface area contributed by atoms with Crippen LogP contribution in [0.2, 0.25) is 0 Å². The monoisotopic (exact) mass is 267 g/mol. The minimum atomic E-state index is 0.270. The summed E-state index contributed by atoms with van der Waals surface area (Å²) in [7, 11) is 0. The highest BCUT2D eigenvalue weighted by Crippen LogP contribution is 2.20. The van der Waals surface area contributed by atoms with Crippen LogP contribution in [0.15, 0.2) is 6.20 Å². The zero-order valence-corrected chi connectivity index (χ0v) is 12.0. The number of nitrogens with one attached hydrogen (secondary N) is 1. The standard InChI is InChI=1S/C13H21N3OS/c1-9(5-4-6-17)14-7-12-11(3)15-13-16(12)8-10(2)18-13/h8-9,14,17H,4-7H2,1-3H3. The molecule has 1 atom stereocenters. The van der Waals surface area contributed by atoms with E-state index < -0.39 is 0 Å². The fourth-order valence-corrected chi connectivity index (χ4v) is 2.98. The van der Waals surface area contributed by atoms with Crippen LogP contribution in [0.25, 0.3) is 4.96 Å². The number of hydrogen-bond acceptors (Lipinski definition) is 4. The number of imidazole rings is 1. The van der Waals surface area contributed by atoms with Crippen LogP contribution in [0.5, 0.6) is 0 Å². The predicted molar refractivity (Wildman–Crippen MR) is 75.2 cm³/mol. The van der Waals surface area contributed by atoms with E-state index in [1.165, 1.54) is 10.6 Å². The first-order valence-corrected chi connectivity index (χ1v) is 7.21. The molecule has 4 nitrogen and oxygen atoms in total. The van der Waals surface area contributed by atoms with E-state index in [0.29, 0.717) is 6.04 Å². The van der Waals surface area contributed by atoms with Gasteiger partial charge < -0.3 is 10.4 Å². The summed E-state index contributed by atoms with van der Waals surface area (Å²) in [6.07, 6.45) is 4.00. The first kappa shape index (κ1) is 13.5. The number of rotatable bonds is 6. The molecule has 0 aliphatic heterocycles. The predicted octanol–water partition coefficient (Wildman–Crippen LogP) is 2.26. The highest BCUT2D eigenvalue weighted by molar-refractivity contribution is 7.17. The Balaban J connectivity index is 2.04. The van der Waals surface area contributed by atoms with Gasteiger partial charge in [-0.15, -0.1) is 11.3 Å². The topological polar surface area (TPSA) is 49.6 Å². The summed E-state index contributed by atoms with van der Waals surface area (Å²) in [5.74, 6) is 0. The van der Waals surface area contributed by atoms with Gasteiger partial charge in [0.2, 0.25) is 0 Å². The minimum Gasteiger partial charge on any atom is -0.396 e. The Kier molecular flexibility index (Phi) is 4.37. The van der Waals surface area contributed by atoms with Crippen molar-refractivity contribution in [1.29, 1.82) is 0 Å². The average molecular weight is 267 g/mol. The molecule has 1 unspecified atom stereocenters. The van der Waals surface area contributed by atoms with Crippen molar-refractivity contribution in [3.63, 3.8) is 0 Å². The van der Waals surface area contributed by atoms with E-state index in [9.17, 15) is 0 Å². The van der Waals surface area contributed by atoms with E-state index in [4.69, 9.17) is 5.11 Å². The number of hydrogen-bond donors (Lipinski definition) is 2. The van der Waals surface area contributed by atoms with Crippen LogP contribution in [0.1, 0.15) is 36.0 Å². The molecule has 100 valence electrons. The van der Waals surface area contributed by atoms with E-state index in [-0.39, 0.29) is 6.61 Å². The lowest BCUT2D eigenvalue weighted by molar-refractivity contribution is 0.276. The fraction of sp³-hybridized carbons (Fsp3) is 0.615. The first-order valence-electron chi connectivity index (χ1n) is 6.40. The molecule has 0 fully saturated rings. The van der Waals surface area contributed by atoms with Gasteiger partial charge in [-0.2, -0.15) is 0 Å². The van der Waals surface area contributed by atoms with Crippen molar-refractivity contribution in [3.8, 4) is 0 Å². The van der Waals surface area contributed by atoms with Crippen molar-refractivity contribution < 1.29 is 5.11 Å². The lowest BCUT2D eigenvalue weighted by Gasteiger charge is -2.13. The summed E-state index contributed by atoms with van der Waals surface area (Å²) < 4.78 is 2.18. The molecule has 2 heterocycles. The Morgan fingerprint density at radius 3 is 3.00 bits per heavy atom. The molecule has 0 amide bonds. The van der Waals surface area contributed by atoms with Crippen molar-refractivity contribution in [1.82, 2.24) is 14.7 Å². The summed E-state index contributed by atoms with van der Waals surface area (Å²) in [5.41, 5.74) is 2.34. The summed E-state index contributed by atoms with van der Waals surface area (Å²) in [6.45, 7) is 7.42. The third kappa shape index (κ3) is 2.91. The summed E-state index contributed by atoms with van der Waals surface area (Å²) >= 11 is 1.73. The van der Waals surface area contributed by atoms with Crippen molar-refractivity contribution in [2.75, 3.05) is 6.61 Å². The zero-order valence-electron chi connectivity index (χ0n) is 11.2. The molecule has 2 aromatic rings. The third-order valence-electron chi connectivity index (χ3n) is 3.15. The number of aliphatic hydroxyl groups excluding tert-OH is 1. The van der Waals surface area contributed by atoms with E-state index >= 15 is 0 Å². The fourth-order valence-electron chi connectivity index (χ4n) is 2.09. The number of nitrogens with zero attached hydrogens (tertiary/aromatic N) is 2. The summed E-state index contributed by atoms with van der Waals surface area (Å²) in [6, 6.07) is 0.418. The minimum absolute atomic E-state index is 0.270. The molecular formula is C13H21N3OS. The number of aromatic nitrogens is 2. The maximum atomic E-state index is 8.82. The molecular weight excluding hydrogens is 246 g/mol.